The van der Waals surface area contributed by atoms with Gasteiger partial charge in [-0.25, -0.2) is 0 Å². The van der Waals surface area contributed by atoms with Gasteiger partial charge in [0.15, 0.2) is 0 Å². The van der Waals surface area contributed by atoms with E-state index >= 15 is 0 Å². The number of thiophene rings is 1. The van der Waals surface area contributed by atoms with Crippen molar-refractivity contribution in [3.05, 3.63) is 211 Å². The topological polar surface area (TPSA) is 3.24 Å². The van der Waals surface area contributed by atoms with Crippen LogP contribution in [0.1, 0.15) is 25.0 Å². The molecule has 0 N–H and O–H groups in total. The predicted octanol–water partition coefficient (Wildman–Crippen LogP) is 16.0. The summed E-state index contributed by atoms with van der Waals surface area (Å²) in [5.74, 6) is 0. The Labute approximate surface area is 337 Å². The molecule has 1 aromatic heterocycles. The second kappa shape index (κ2) is 13.2. The van der Waals surface area contributed by atoms with Gasteiger partial charge in [-0.2, -0.15) is 0 Å². The first-order valence-electron chi connectivity index (χ1n) is 19.8. The maximum atomic E-state index is 2.45. The highest BCUT2D eigenvalue weighted by molar-refractivity contribution is 7.26. The summed E-state index contributed by atoms with van der Waals surface area (Å²) in [5.41, 5.74) is 16.1. The van der Waals surface area contributed by atoms with Crippen molar-refractivity contribution in [1.82, 2.24) is 0 Å². The molecule has 0 radical (unpaired) electrons. The molecule has 1 nitrogen and oxygen atoms in total. The van der Waals surface area contributed by atoms with Crippen LogP contribution in [0, 0.1) is 0 Å². The lowest BCUT2D eigenvalue weighted by Crippen LogP contribution is -2.16. The molecule has 0 amide bonds. The number of anilines is 3. The molecule has 270 valence electrons. The lowest BCUT2D eigenvalue weighted by molar-refractivity contribution is 0.666. The number of rotatable bonds is 6. The van der Waals surface area contributed by atoms with E-state index in [1.165, 1.54) is 86.6 Å². The van der Waals surface area contributed by atoms with Gasteiger partial charge in [0.1, 0.15) is 0 Å². The SMILES string of the molecule is CC1(C)c2ccc(N(c3ccc(-c4ccccc4)cc3)c3ccc(-c4cccc5c4sc4ccccc45)cc3)cc2-c2c(-c3ccccc3)cc3ccccc3c21. The first kappa shape index (κ1) is 33.6. The van der Waals surface area contributed by atoms with Crippen molar-refractivity contribution >= 4 is 59.3 Å². The van der Waals surface area contributed by atoms with Gasteiger partial charge in [-0.05, 0) is 115 Å². The fourth-order valence-corrected chi connectivity index (χ4v) is 10.6. The highest BCUT2D eigenvalue weighted by Crippen LogP contribution is 2.56. The largest absolute Gasteiger partial charge is 0.310 e. The Morgan fingerprint density at radius 2 is 0.965 bits per heavy atom. The van der Waals surface area contributed by atoms with Crippen LogP contribution in [0.2, 0.25) is 0 Å². The average Bonchev–Trinajstić information content (AvgIpc) is 3.77. The summed E-state index contributed by atoms with van der Waals surface area (Å²) in [4.78, 5) is 2.42. The third-order valence-corrected chi connectivity index (χ3v) is 13.3. The van der Waals surface area contributed by atoms with Crippen LogP contribution in [0.4, 0.5) is 17.1 Å². The molecule has 1 aliphatic rings. The maximum absolute atomic E-state index is 2.45. The third kappa shape index (κ3) is 5.44. The lowest BCUT2D eigenvalue weighted by atomic mass is 9.79. The normalized spacial score (nSPS) is 12.9. The van der Waals surface area contributed by atoms with Crippen molar-refractivity contribution < 1.29 is 0 Å². The van der Waals surface area contributed by atoms with E-state index in [0.717, 1.165) is 17.1 Å². The van der Waals surface area contributed by atoms with Crippen molar-refractivity contribution in [3.63, 3.8) is 0 Å². The molecule has 0 bridgehead atoms. The van der Waals surface area contributed by atoms with Crippen LogP contribution in [0.3, 0.4) is 0 Å². The molecule has 2 heteroatoms. The molecule has 0 aliphatic heterocycles. The second-order valence-electron chi connectivity index (χ2n) is 15.7. The molecule has 0 spiro atoms. The molecule has 0 unspecified atom stereocenters. The molecule has 0 saturated carbocycles. The minimum absolute atomic E-state index is 0.176. The second-order valence-corrected chi connectivity index (χ2v) is 16.7. The summed E-state index contributed by atoms with van der Waals surface area (Å²) in [7, 11) is 0. The average molecular weight is 746 g/mol. The van der Waals surface area contributed by atoms with Gasteiger partial charge in [-0.3, -0.25) is 0 Å². The summed E-state index contributed by atoms with van der Waals surface area (Å²) >= 11 is 1.88. The summed E-state index contributed by atoms with van der Waals surface area (Å²) in [6, 6.07) is 73.7. The number of nitrogens with zero attached hydrogens (tertiary/aromatic N) is 1. The van der Waals surface area contributed by atoms with E-state index in [2.05, 4.69) is 219 Å². The zero-order valence-electron chi connectivity index (χ0n) is 31.9. The molecule has 0 atom stereocenters. The molecule has 0 saturated heterocycles. The first-order valence-corrected chi connectivity index (χ1v) is 20.6. The Morgan fingerprint density at radius 1 is 0.404 bits per heavy atom. The van der Waals surface area contributed by atoms with Crippen LogP contribution in [-0.4, -0.2) is 0 Å². The van der Waals surface area contributed by atoms with E-state index in [4.69, 9.17) is 0 Å². The zero-order chi connectivity index (χ0) is 38.1. The smallest absolute Gasteiger partial charge is 0.0468 e. The Kier molecular flexibility index (Phi) is 7.77. The molecular formula is C55H39NS. The van der Waals surface area contributed by atoms with Gasteiger partial charge < -0.3 is 4.90 Å². The minimum Gasteiger partial charge on any atom is -0.310 e. The molecular weight excluding hydrogens is 707 g/mol. The molecule has 1 heterocycles. The van der Waals surface area contributed by atoms with Crippen molar-refractivity contribution in [2.75, 3.05) is 4.90 Å². The summed E-state index contributed by atoms with van der Waals surface area (Å²) < 4.78 is 2.66. The van der Waals surface area contributed by atoms with Crippen LogP contribution in [0.25, 0.3) is 75.5 Å². The zero-order valence-corrected chi connectivity index (χ0v) is 32.7. The van der Waals surface area contributed by atoms with Crippen molar-refractivity contribution in [3.8, 4) is 44.5 Å². The van der Waals surface area contributed by atoms with Crippen LogP contribution in [0.5, 0.6) is 0 Å². The fourth-order valence-electron chi connectivity index (χ4n) is 9.33. The molecule has 0 fully saturated rings. The Hall–Kier alpha value is -6.74. The Balaban J connectivity index is 1.09. The van der Waals surface area contributed by atoms with Gasteiger partial charge in [0.05, 0.1) is 0 Å². The number of hydrogen-bond acceptors (Lipinski definition) is 2. The molecule has 11 rings (SSSR count). The van der Waals surface area contributed by atoms with Crippen LogP contribution >= 0.6 is 11.3 Å². The molecule has 57 heavy (non-hydrogen) atoms. The van der Waals surface area contributed by atoms with Gasteiger partial charge in [0, 0.05) is 42.6 Å². The first-order chi connectivity index (χ1) is 28.0. The van der Waals surface area contributed by atoms with Crippen LogP contribution in [-0.2, 0) is 5.41 Å². The lowest BCUT2D eigenvalue weighted by Gasteiger charge is -2.27. The number of fused-ring (bicyclic) bond motifs is 8. The van der Waals surface area contributed by atoms with Gasteiger partial charge >= 0.3 is 0 Å². The van der Waals surface area contributed by atoms with Gasteiger partial charge in [0.2, 0.25) is 0 Å². The Bertz CT molecular complexity index is 3120. The molecule has 1 aliphatic carbocycles. The predicted molar refractivity (Wildman–Crippen MR) is 245 cm³/mol. The number of benzene rings is 9. The summed E-state index contributed by atoms with van der Waals surface area (Å²) in [6.07, 6.45) is 0. The highest BCUT2D eigenvalue weighted by Gasteiger charge is 2.39. The third-order valence-electron chi connectivity index (χ3n) is 12.0. The van der Waals surface area contributed by atoms with E-state index in [9.17, 15) is 0 Å². The van der Waals surface area contributed by atoms with E-state index < -0.39 is 0 Å². The van der Waals surface area contributed by atoms with Gasteiger partial charge in [0.25, 0.3) is 0 Å². The summed E-state index contributed by atoms with van der Waals surface area (Å²) in [5, 5.41) is 5.25. The van der Waals surface area contributed by atoms with Crippen molar-refractivity contribution in [2.24, 2.45) is 0 Å². The van der Waals surface area contributed by atoms with E-state index in [-0.39, 0.29) is 5.41 Å². The number of hydrogen-bond donors (Lipinski definition) is 0. The van der Waals surface area contributed by atoms with Crippen LogP contribution in [0.15, 0.2) is 200 Å². The quantitative estimate of drug-likeness (QED) is 0.164. The highest BCUT2D eigenvalue weighted by atomic mass is 32.1. The molecule has 9 aromatic carbocycles. The van der Waals surface area contributed by atoms with E-state index in [1.807, 2.05) is 11.3 Å². The van der Waals surface area contributed by atoms with Gasteiger partial charge in [-0.15, -0.1) is 11.3 Å². The van der Waals surface area contributed by atoms with Crippen LogP contribution < -0.4 is 4.90 Å². The van der Waals surface area contributed by atoms with Crippen molar-refractivity contribution in [2.45, 2.75) is 19.3 Å². The minimum atomic E-state index is -0.176. The van der Waals surface area contributed by atoms with Gasteiger partial charge in [-0.1, -0.05) is 166 Å². The Morgan fingerprint density at radius 3 is 1.70 bits per heavy atom. The van der Waals surface area contributed by atoms with Crippen molar-refractivity contribution in [1.29, 1.82) is 0 Å². The fraction of sp³-hybridized carbons (Fsp3) is 0.0545. The standard InChI is InChI=1S/C55H39NS/c1-55(2)50-33-32-43(35-49(50)52-48(38-16-7-4-8-17-38)34-40-18-9-10-19-44(40)53(52)55)56(41-28-24-37(25-29-41)36-14-5-3-6-15-36)42-30-26-39(27-31-42)45-21-13-22-47-46-20-11-12-23-51(46)57-54(45)47/h3-35H,1-2H3. The summed E-state index contributed by atoms with van der Waals surface area (Å²) in [6.45, 7) is 4.79. The molecule has 10 aromatic rings. The maximum Gasteiger partial charge on any atom is 0.0468 e. The van der Waals surface area contributed by atoms with E-state index in [1.54, 1.807) is 0 Å². The monoisotopic (exact) mass is 745 g/mol. The van der Waals surface area contributed by atoms with E-state index in [0.29, 0.717) is 0 Å².